The van der Waals surface area contributed by atoms with E-state index in [-0.39, 0.29) is 5.97 Å². The van der Waals surface area contributed by atoms with Crippen molar-refractivity contribution in [1.29, 1.82) is 0 Å². The molecule has 0 saturated heterocycles. The number of aromatic nitrogens is 1. The van der Waals surface area contributed by atoms with E-state index < -0.39 is 5.79 Å². The van der Waals surface area contributed by atoms with E-state index in [0.29, 0.717) is 29.5 Å². The first-order chi connectivity index (χ1) is 10.5. The molecule has 1 atom stereocenters. The largest absolute Gasteiger partial charge is 0.427 e. The molecule has 1 aromatic heterocycles. The van der Waals surface area contributed by atoms with Crippen molar-refractivity contribution in [2.75, 3.05) is 6.61 Å². The summed E-state index contributed by atoms with van der Waals surface area (Å²) in [5.41, 5.74) is 2.66. The first-order valence-corrected chi connectivity index (χ1v) is 8.06. The highest BCUT2D eigenvalue weighted by molar-refractivity contribution is 6.45. The number of rotatable bonds is 3. The lowest BCUT2D eigenvalue weighted by Crippen LogP contribution is -2.39. The van der Waals surface area contributed by atoms with Gasteiger partial charge in [0, 0.05) is 24.2 Å². The van der Waals surface area contributed by atoms with Gasteiger partial charge in [0.25, 0.3) is 5.79 Å². The van der Waals surface area contributed by atoms with Crippen molar-refractivity contribution < 1.29 is 14.3 Å². The van der Waals surface area contributed by atoms with Gasteiger partial charge in [-0.25, -0.2) is 0 Å². The van der Waals surface area contributed by atoms with Crippen molar-refractivity contribution in [3.8, 4) is 0 Å². The number of carbonyl (C=O) groups excluding carboxylic acids is 1. The fourth-order valence-electron chi connectivity index (χ4n) is 3.14. The van der Waals surface area contributed by atoms with Crippen LogP contribution >= 0.6 is 23.2 Å². The van der Waals surface area contributed by atoms with E-state index in [9.17, 15) is 4.79 Å². The van der Waals surface area contributed by atoms with Crippen LogP contribution in [0.3, 0.4) is 0 Å². The summed E-state index contributed by atoms with van der Waals surface area (Å²) in [6.07, 6.45) is 2.09. The molecule has 0 aliphatic carbocycles. The van der Waals surface area contributed by atoms with Crippen molar-refractivity contribution in [3.63, 3.8) is 0 Å². The van der Waals surface area contributed by atoms with E-state index in [0.717, 1.165) is 28.6 Å². The zero-order chi connectivity index (χ0) is 15.9. The third-order valence-electron chi connectivity index (χ3n) is 3.91. The van der Waals surface area contributed by atoms with Gasteiger partial charge >= 0.3 is 5.97 Å². The predicted molar refractivity (Wildman–Crippen MR) is 86.3 cm³/mol. The van der Waals surface area contributed by atoms with E-state index in [1.54, 1.807) is 6.07 Å². The smallest absolute Gasteiger partial charge is 0.305 e. The summed E-state index contributed by atoms with van der Waals surface area (Å²) in [6, 6.07) is 3.63. The van der Waals surface area contributed by atoms with Crippen LogP contribution in [0, 0.1) is 0 Å². The number of hydrogen-bond acceptors (Lipinski definition) is 3. The lowest BCUT2D eigenvalue weighted by molar-refractivity contribution is -0.247. The number of benzene rings is 1. The fourth-order valence-corrected chi connectivity index (χ4v) is 3.58. The molecule has 118 valence electrons. The molecule has 0 radical (unpaired) electrons. The van der Waals surface area contributed by atoms with Crippen LogP contribution in [0.15, 0.2) is 12.1 Å². The molecule has 1 aromatic carbocycles. The molecule has 1 aliphatic heterocycles. The lowest BCUT2D eigenvalue weighted by Gasteiger charge is -2.36. The van der Waals surface area contributed by atoms with Gasteiger partial charge in [-0.3, -0.25) is 4.79 Å². The lowest BCUT2D eigenvalue weighted by atomic mass is 9.96. The van der Waals surface area contributed by atoms with Crippen LogP contribution in [0.4, 0.5) is 0 Å². The highest BCUT2D eigenvalue weighted by atomic mass is 35.5. The Kier molecular flexibility index (Phi) is 4.10. The molecule has 22 heavy (non-hydrogen) atoms. The minimum atomic E-state index is -1.07. The Bertz CT molecular complexity index is 741. The third-order valence-corrected chi connectivity index (χ3v) is 4.72. The molecular formula is C16H17Cl2NO3. The maximum atomic E-state index is 11.6. The van der Waals surface area contributed by atoms with Crippen LogP contribution in [0.1, 0.15) is 37.9 Å². The number of fused-ring (bicyclic) bond motifs is 3. The van der Waals surface area contributed by atoms with E-state index in [4.69, 9.17) is 32.7 Å². The SMILES string of the molecule is CCCC1(OC(C)=O)OCCc2c1[nH]c1ccc(Cl)c(Cl)c21. The Morgan fingerprint density at radius 3 is 2.91 bits per heavy atom. The summed E-state index contributed by atoms with van der Waals surface area (Å²) in [4.78, 5) is 14.9. The molecule has 1 unspecified atom stereocenters. The molecule has 1 N–H and O–H groups in total. The Hall–Kier alpha value is -1.23. The minimum Gasteiger partial charge on any atom is -0.427 e. The number of hydrogen-bond donors (Lipinski definition) is 1. The van der Waals surface area contributed by atoms with Crippen molar-refractivity contribution in [2.24, 2.45) is 0 Å². The van der Waals surface area contributed by atoms with E-state index in [2.05, 4.69) is 4.98 Å². The number of H-pyrrole nitrogens is 1. The highest BCUT2D eigenvalue weighted by Gasteiger charge is 2.43. The fraction of sp³-hybridized carbons (Fsp3) is 0.438. The van der Waals surface area contributed by atoms with Crippen LogP contribution in [0.2, 0.25) is 10.0 Å². The molecule has 0 saturated carbocycles. The Balaban J connectivity index is 2.25. The van der Waals surface area contributed by atoms with Gasteiger partial charge in [0.1, 0.15) is 0 Å². The number of carbonyl (C=O) groups is 1. The van der Waals surface area contributed by atoms with Crippen LogP contribution < -0.4 is 0 Å². The molecular weight excluding hydrogens is 325 g/mol. The van der Waals surface area contributed by atoms with Gasteiger partial charge in [0.2, 0.25) is 0 Å². The normalized spacial score (nSPS) is 20.9. The average molecular weight is 342 g/mol. The van der Waals surface area contributed by atoms with Gasteiger partial charge in [-0.1, -0.05) is 30.1 Å². The molecule has 3 rings (SSSR count). The second kappa shape index (κ2) is 5.76. The summed E-state index contributed by atoms with van der Waals surface area (Å²) in [6.45, 7) is 3.88. The predicted octanol–water partition coefficient (Wildman–Crippen LogP) is 4.56. The maximum absolute atomic E-state index is 11.6. The average Bonchev–Trinajstić information content (AvgIpc) is 2.83. The van der Waals surface area contributed by atoms with Crippen molar-refractivity contribution in [2.45, 2.75) is 38.9 Å². The summed E-state index contributed by atoms with van der Waals surface area (Å²) >= 11 is 12.5. The van der Waals surface area contributed by atoms with Crippen LogP contribution in [0.5, 0.6) is 0 Å². The van der Waals surface area contributed by atoms with E-state index in [1.165, 1.54) is 6.92 Å². The molecule has 0 fully saturated rings. The van der Waals surface area contributed by atoms with Crippen molar-refractivity contribution >= 4 is 40.1 Å². The maximum Gasteiger partial charge on any atom is 0.305 e. The number of ether oxygens (including phenoxy) is 2. The summed E-state index contributed by atoms with van der Waals surface area (Å²) in [5.74, 6) is -1.44. The molecule has 0 spiro atoms. The van der Waals surface area contributed by atoms with Crippen molar-refractivity contribution in [3.05, 3.63) is 33.4 Å². The zero-order valence-corrected chi connectivity index (χ0v) is 14.0. The molecule has 1 aliphatic rings. The standard InChI is InChI=1S/C16H17Cl2NO3/c1-3-7-16(22-9(2)20)15-10(6-8-21-16)13-12(19-15)5-4-11(17)14(13)18/h4-5,19H,3,6-8H2,1-2H3. The summed E-state index contributed by atoms with van der Waals surface area (Å²) in [7, 11) is 0. The molecule has 4 nitrogen and oxygen atoms in total. The van der Waals surface area contributed by atoms with Gasteiger partial charge in [0.15, 0.2) is 0 Å². The molecule has 2 heterocycles. The Morgan fingerprint density at radius 1 is 1.45 bits per heavy atom. The van der Waals surface area contributed by atoms with Gasteiger partial charge in [-0.05, 0) is 30.5 Å². The molecule has 6 heteroatoms. The first kappa shape index (κ1) is 15.7. The second-order valence-corrected chi connectivity index (χ2v) is 6.24. The van der Waals surface area contributed by atoms with Gasteiger partial charge in [0.05, 0.1) is 22.3 Å². The number of halogens is 2. The highest BCUT2D eigenvalue weighted by Crippen LogP contribution is 2.44. The van der Waals surface area contributed by atoms with Gasteiger partial charge < -0.3 is 14.5 Å². The second-order valence-electron chi connectivity index (χ2n) is 5.46. The molecule has 2 aromatic rings. The van der Waals surface area contributed by atoms with E-state index >= 15 is 0 Å². The van der Waals surface area contributed by atoms with Crippen LogP contribution in [-0.2, 0) is 26.5 Å². The minimum absolute atomic E-state index is 0.371. The quantitative estimate of drug-likeness (QED) is 0.832. The van der Waals surface area contributed by atoms with Crippen LogP contribution in [-0.4, -0.2) is 17.6 Å². The van der Waals surface area contributed by atoms with Crippen molar-refractivity contribution in [1.82, 2.24) is 4.98 Å². The number of aromatic amines is 1. The summed E-state index contributed by atoms with van der Waals surface area (Å²) < 4.78 is 11.5. The van der Waals surface area contributed by atoms with E-state index in [1.807, 2.05) is 13.0 Å². The Labute approximate surface area is 138 Å². The van der Waals surface area contributed by atoms with Crippen LogP contribution in [0.25, 0.3) is 10.9 Å². The zero-order valence-electron chi connectivity index (χ0n) is 12.5. The monoisotopic (exact) mass is 341 g/mol. The van der Waals surface area contributed by atoms with Gasteiger partial charge in [-0.2, -0.15) is 0 Å². The van der Waals surface area contributed by atoms with Gasteiger partial charge in [-0.15, -0.1) is 0 Å². The summed E-state index contributed by atoms with van der Waals surface area (Å²) in [5, 5.41) is 1.92. The third kappa shape index (κ3) is 2.39. The molecule has 0 bridgehead atoms. The Morgan fingerprint density at radius 2 is 2.23 bits per heavy atom. The number of nitrogens with one attached hydrogen (secondary N) is 1. The first-order valence-electron chi connectivity index (χ1n) is 7.31. The topological polar surface area (TPSA) is 51.3 Å². The number of esters is 1. The molecule has 0 amide bonds.